The number of carbonyl (C=O) groups excluding carboxylic acids is 3. The van der Waals surface area contributed by atoms with Crippen molar-refractivity contribution in [3.63, 3.8) is 0 Å². The fourth-order valence-corrected chi connectivity index (χ4v) is 4.67. The van der Waals surface area contributed by atoms with Crippen LogP contribution in [0.25, 0.3) is 6.08 Å². The molecule has 1 aliphatic rings. The SMILES string of the molecule is N#Cc1ccccc1CN1C(=O)S/C(=C/c2ccc(OCC(=O)Nc3ccc(F)cc3)c(Br)c2)C1=O. The average molecular weight is 566 g/mol. The summed E-state index contributed by atoms with van der Waals surface area (Å²) >= 11 is 4.22. The normalized spacial score (nSPS) is 14.1. The third kappa shape index (κ3) is 6.00. The van der Waals surface area contributed by atoms with Gasteiger partial charge in [-0.2, -0.15) is 5.26 Å². The number of anilines is 1. The van der Waals surface area contributed by atoms with Crippen molar-refractivity contribution in [3.8, 4) is 11.8 Å². The van der Waals surface area contributed by atoms with Crippen LogP contribution in [0, 0.1) is 17.1 Å². The minimum Gasteiger partial charge on any atom is -0.483 e. The lowest BCUT2D eigenvalue weighted by atomic mass is 10.1. The second-order valence-electron chi connectivity index (χ2n) is 7.57. The van der Waals surface area contributed by atoms with Crippen molar-refractivity contribution in [2.75, 3.05) is 11.9 Å². The molecule has 0 aliphatic carbocycles. The van der Waals surface area contributed by atoms with Crippen LogP contribution < -0.4 is 10.1 Å². The van der Waals surface area contributed by atoms with Gasteiger partial charge in [-0.1, -0.05) is 24.3 Å². The number of amides is 3. The molecular formula is C26H17BrFN3O4S. The number of rotatable bonds is 7. The van der Waals surface area contributed by atoms with E-state index in [1.807, 2.05) is 0 Å². The minimum atomic E-state index is -0.438. The predicted molar refractivity (Wildman–Crippen MR) is 137 cm³/mol. The van der Waals surface area contributed by atoms with Gasteiger partial charge in [-0.15, -0.1) is 0 Å². The number of benzene rings is 3. The maximum atomic E-state index is 13.0. The van der Waals surface area contributed by atoms with E-state index >= 15 is 0 Å². The molecule has 3 aromatic carbocycles. The van der Waals surface area contributed by atoms with Gasteiger partial charge >= 0.3 is 0 Å². The summed E-state index contributed by atoms with van der Waals surface area (Å²) in [6, 6.07) is 19.3. The van der Waals surface area contributed by atoms with E-state index in [0.717, 1.165) is 16.7 Å². The van der Waals surface area contributed by atoms with E-state index in [1.54, 1.807) is 48.5 Å². The zero-order chi connectivity index (χ0) is 25.7. The van der Waals surface area contributed by atoms with Crippen molar-refractivity contribution in [2.24, 2.45) is 0 Å². The summed E-state index contributed by atoms with van der Waals surface area (Å²) in [5.41, 5.74) is 2.10. The number of hydrogen-bond acceptors (Lipinski definition) is 6. The van der Waals surface area contributed by atoms with Crippen LogP contribution in [0.1, 0.15) is 16.7 Å². The van der Waals surface area contributed by atoms with Gasteiger partial charge in [0.25, 0.3) is 17.1 Å². The molecule has 3 amide bonds. The molecule has 0 atom stereocenters. The molecule has 0 bridgehead atoms. The lowest BCUT2D eigenvalue weighted by Crippen LogP contribution is -2.27. The lowest BCUT2D eigenvalue weighted by molar-refractivity contribution is -0.123. The highest BCUT2D eigenvalue weighted by atomic mass is 79.9. The van der Waals surface area contributed by atoms with E-state index in [0.29, 0.717) is 32.6 Å². The first-order valence-electron chi connectivity index (χ1n) is 10.5. The molecule has 36 heavy (non-hydrogen) atoms. The zero-order valence-corrected chi connectivity index (χ0v) is 20.9. The van der Waals surface area contributed by atoms with Crippen molar-refractivity contribution >= 4 is 56.5 Å². The first-order chi connectivity index (χ1) is 17.3. The number of imide groups is 1. The molecule has 0 saturated carbocycles. The molecule has 3 aromatic rings. The number of nitriles is 1. The molecule has 10 heteroatoms. The topological polar surface area (TPSA) is 99.5 Å². The molecular weight excluding hydrogens is 549 g/mol. The van der Waals surface area contributed by atoms with Crippen molar-refractivity contribution in [1.29, 1.82) is 5.26 Å². The van der Waals surface area contributed by atoms with Gasteiger partial charge in [0.1, 0.15) is 11.6 Å². The number of thioether (sulfide) groups is 1. The van der Waals surface area contributed by atoms with Crippen LogP contribution in [0.5, 0.6) is 5.75 Å². The number of carbonyl (C=O) groups is 3. The highest BCUT2D eigenvalue weighted by molar-refractivity contribution is 9.10. The quantitative estimate of drug-likeness (QED) is 0.368. The van der Waals surface area contributed by atoms with Gasteiger partial charge in [0.15, 0.2) is 6.61 Å². The monoisotopic (exact) mass is 565 g/mol. The molecule has 0 unspecified atom stereocenters. The van der Waals surface area contributed by atoms with E-state index in [9.17, 15) is 24.0 Å². The second-order valence-corrected chi connectivity index (χ2v) is 9.42. The Bertz CT molecular complexity index is 1420. The van der Waals surface area contributed by atoms with E-state index in [4.69, 9.17) is 4.74 Å². The molecule has 0 radical (unpaired) electrons. The molecule has 180 valence electrons. The summed E-state index contributed by atoms with van der Waals surface area (Å²) < 4.78 is 19.1. The summed E-state index contributed by atoms with van der Waals surface area (Å²) in [7, 11) is 0. The molecule has 7 nitrogen and oxygen atoms in total. The minimum absolute atomic E-state index is 0.0161. The van der Waals surface area contributed by atoms with Crippen LogP contribution in [0.3, 0.4) is 0 Å². The van der Waals surface area contributed by atoms with Crippen LogP contribution in [0.2, 0.25) is 0 Å². The highest BCUT2D eigenvalue weighted by Crippen LogP contribution is 2.35. The summed E-state index contributed by atoms with van der Waals surface area (Å²) in [4.78, 5) is 38.8. The van der Waals surface area contributed by atoms with Gasteiger partial charge in [-0.3, -0.25) is 19.3 Å². The Morgan fingerprint density at radius 1 is 1.14 bits per heavy atom. The standard InChI is InChI=1S/C26H17BrFN3O4S/c27-21-11-16(5-10-22(21)35-15-24(32)30-20-8-6-19(28)7-9-20)12-23-25(33)31(26(34)36-23)14-18-4-2-1-3-17(18)13-29/h1-12H,14-15H2,(H,30,32)/b23-12+. The summed E-state index contributed by atoms with van der Waals surface area (Å²) in [6.45, 7) is -0.249. The highest BCUT2D eigenvalue weighted by Gasteiger charge is 2.35. The third-order valence-corrected chi connectivity index (χ3v) is 6.61. The van der Waals surface area contributed by atoms with E-state index in [-0.39, 0.29) is 18.1 Å². The van der Waals surface area contributed by atoms with Crippen LogP contribution >= 0.6 is 27.7 Å². The molecule has 1 N–H and O–H groups in total. The van der Waals surface area contributed by atoms with Gasteiger partial charge in [-0.25, -0.2) is 4.39 Å². The molecule has 1 saturated heterocycles. The van der Waals surface area contributed by atoms with E-state index in [2.05, 4.69) is 27.3 Å². The Labute approximate surface area is 218 Å². The first kappa shape index (κ1) is 25.2. The Morgan fingerprint density at radius 2 is 1.89 bits per heavy atom. The van der Waals surface area contributed by atoms with Gasteiger partial charge in [0, 0.05) is 5.69 Å². The van der Waals surface area contributed by atoms with Crippen LogP contribution in [-0.2, 0) is 16.1 Å². The molecule has 4 rings (SSSR count). The van der Waals surface area contributed by atoms with Gasteiger partial charge < -0.3 is 10.1 Å². The molecule has 0 spiro atoms. The molecule has 1 heterocycles. The van der Waals surface area contributed by atoms with Crippen molar-refractivity contribution < 1.29 is 23.5 Å². The Hall–Kier alpha value is -3.94. The number of ether oxygens (including phenoxy) is 1. The summed E-state index contributed by atoms with van der Waals surface area (Å²) in [5.74, 6) is -0.846. The van der Waals surface area contributed by atoms with Gasteiger partial charge in [-0.05, 0) is 87.4 Å². The van der Waals surface area contributed by atoms with Gasteiger partial charge in [0.2, 0.25) is 0 Å². The Kier molecular flexibility index (Phi) is 7.83. The van der Waals surface area contributed by atoms with Crippen molar-refractivity contribution in [1.82, 2.24) is 4.90 Å². The Balaban J connectivity index is 1.40. The maximum Gasteiger partial charge on any atom is 0.293 e. The summed E-state index contributed by atoms with van der Waals surface area (Å²) in [5, 5.41) is 11.5. The molecule has 0 aromatic heterocycles. The van der Waals surface area contributed by atoms with E-state index in [1.165, 1.54) is 24.3 Å². The number of halogens is 2. The maximum absolute atomic E-state index is 13.0. The largest absolute Gasteiger partial charge is 0.483 e. The van der Waals surface area contributed by atoms with Crippen LogP contribution in [-0.4, -0.2) is 28.6 Å². The molecule has 1 aliphatic heterocycles. The fourth-order valence-electron chi connectivity index (χ4n) is 3.32. The Morgan fingerprint density at radius 3 is 2.61 bits per heavy atom. The van der Waals surface area contributed by atoms with Crippen LogP contribution in [0.4, 0.5) is 14.9 Å². The van der Waals surface area contributed by atoms with Crippen LogP contribution in [0.15, 0.2) is 76.1 Å². The number of nitrogens with one attached hydrogen (secondary N) is 1. The lowest BCUT2D eigenvalue weighted by Gasteiger charge is -2.13. The van der Waals surface area contributed by atoms with Crippen molar-refractivity contribution in [3.05, 3.63) is 98.6 Å². The number of nitrogens with zero attached hydrogens (tertiary/aromatic N) is 2. The predicted octanol–water partition coefficient (Wildman–Crippen LogP) is 5.71. The fraction of sp³-hybridized carbons (Fsp3) is 0.0769. The second kappa shape index (κ2) is 11.2. The smallest absolute Gasteiger partial charge is 0.293 e. The van der Waals surface area contributed by atoms with Gasteiger partial charge in [0.05, 0.1) is 27.6 Å². The van der Waals surface area contributed by atoms with E-state index < -0.39 is 22.9 Å². The summed E-state index contributed by atoms with van der Waals surface area (Å²) in [6.07, 6.45) is 1.59. The average Bonchev–Trinajstić information content (AvgIpc) is 3.12. The number of hydrogen-bond donors (Lipinski definition) is 1. The zero-order valence-electron chi connectivity index (χ0n) is 18.5. The third-order valence-electron chi connectivity index (χ3n) is 5.08. The first-order valence-corrected chi connectivity index (χ1v) is 12.2. The molecule has 1 fully saturated rings. The van der Waals surface area contributed by atoms with Crippen molar-refractivity contribution in [2.45, 2.75) is 6.54 Å².